The summed E-state index contributed by atoms with van der Waals surface area (Å²) in [6, 6.07) is 9.28. The molecule has 0 saturated heterocycles. The van der Waals surface area contributed by atoms with Crippen molar-refractivity contribution in [3.8, 4) is 0 Å². The lowest BCUT2D eigenvalue weighted by Crippen LogP contribution is -2.33. The Morgan fingerprint density at radius 1 is 0.816 bits per heavy atom. The van der Waals surface area contributed by atoms with Crippen molar-refractivity contribution in [1.82, 2.24) is 0 Å². The fourth-order valence-corrected chi connectivity index (χ4v) is 6.28. The highest BCUT2D eigenvalue weighted by atomic mass is 16.5. The number of ether oxygens (including phenoxy) is 2. The third-order valence-corrected chi connectivity index (χ3v) is 8.73. The van der Waals surface area contributed by atoms with Gasteiger partial charge in [-0.05, 0) is 92.6 Å². The van der Waals surface area contributed by atoms with Crippen molar-refractivity contribution in [2.45, 2.75) is 77.0 Å². The van der Waals surface area contributed by atoms with Crippen LogP contribution in [0.25, 0.3) is 0 Å². The van der Waals surface area contributed by atoms with Gasteiger partial charge in [-0.1, -0.05) is 50.8 Å². The van der Waals surface area contributed by atoms with E-state index in [0.29, 0.717) is 11.8 Å². The molecule has 0 bridgehead atoms. The summed E-state index contributed by atoms with van der Waals surface area (Å²) < 4.78 is 10.8. The van der Waals surface area contributed by atoms with Gasteiger partial charge in [0.2, 0.25) is 0 Å². The van der Waals surface area contributed by atoms with Gasteiger partial charge in [-0.15, -0.1) is 0 Å². The van der Waals surface area contributed by atoms with Crippen LogP contribution in [-0.2, 0) is 25.5 Å². The SMILES string of the molecule is C=C(CO)C(=O)OCC(COC(=O)C(=C)CO)C1CCC(C2CCC(c3ccc(CCC)cc3)CC2)CC1. The van der Waals surface area contributed by atoms with Crippen LogP contribution in [0.15, 0.2) is 48.6 Å². The van der Waals surface area contributed by atoms with Crippen molar-refractivity contribution in [2.75, 3.05) is 26.4 Å². The van der Waals surface area contributed by atoms with Crippen molar-refractivity contribution < 1.29 is 29.3 Å². The van der Waals surface area contributed by atoms with E-state index in [1.807, 2.05) is 0 Å². The molecule has 210 valence electrons. The number of aliphatic hydroxyl groups is 2. The van der Waals surface area contributed by atoms with Gasteiger partial charge in [0.25, 0.3) is 0 Å². The first-order valence-corrected chi connectivity index (χ1v) is 14.4. The molecule has 2 aliphatic carbocycles. The summed E-state index contributed by atoms with van der Waals surface area (Å²) in [6.07, 6.45) is 11.7. The van der Waals surface area contributed by atoms with Crippen molar-refractivity contribution in [3.05, 3.63) is 59.7 Å². The monoisotopic (exact) mass is 526 g/mol. The lowest BCUT2D eigenvalue weighted by atomic mass is 9.67. The van der Waals surface area contributed by atoms with Crippen LogP contribution in [0, 0.1) is 23.7 Å². The van der Waals surface area contributed by atoms with Gasteiger partial charge in [0, 0.05) is 5.92 Å². The molecular formula is C32H46O6. The second-order valence-corrected chi connectivity index (χ2v) is 11.3. The molecule has 6 nitrogen and oxygen atoms in total. The van der Waals surface area contributed by atoms with Crippen LogP contribution in [0.4, 0.5) is 0 Å². The maximum Gasteiger partial charge on any atom is 0.335 e. The summed E-state index contributed by atoms with van der Waals surface area (Å²) in [4.78, 5) is 24.1. The number of carbonyl (C=O) groups excluding carboxylic acids is 2. The maximum absolute atomic E-state index is 12.1. The molecular weight excluding hydrogens is 480 g/mol. The van der Waals surface area contributed by atoms with Gasteiger partial charge in [-0.3, -0.25) is 0 Å². The molecule has 0 unspecified atom stereocenters. The number of benzene rings is 1. The maximum atomic E-state index is 12.1. The Kier molecular flexibility index (Phi) is 12.1. The Labute approximate surface area is 228 Å². The Hall–Kier alpha value is -2.44. The largest absolute Gasteiger partial charge is 0.462 e. The van der Waals surface area contributed by atoms with Crippen LogP contribution in [0.1, 0.15) is 81.8 Å². The molecule has 2 saturated carbocycles. The molecule has 0 aromatic heterocycles. The fourth-order valence-electron chi connectivity index (χ4n) is 6.28. The zero-order chi connectivity index (χ0) is 27.5. The van der Waals surface area contributed by atoms with E-state index in [1.54, 1.807) is 0 Å². The molecule has 1 aromatic rings. The minimum atomic E-state index is -0.631. The molecule has 3 rings (SSSR count). The number of hydrogen-bond acceptors (Lipinski definition) is 6. The lowest BCUT2D eigenvalue weighted by molar-refractivity contribution is -0.146. The van der Waals surface area contributed by atoms with Crippen LogP contribution >= 0.6 is 0 Å². The molecule has 0 atom stereocenters. The molecule has 2 N–H and O–H groups in total. The Balaban J connectivity index is 1.50. The Morgan fingerprint density at radius 3 is 1.74 bits per heavy atom. The summed E-state index contributed by atoms with van der Waals surface area (Å²) in [5, 5.41) is 18.3. The molecule has 2 fully saturated rings. The van der Waals surface area contributed by atoms with Crippen molar-refractivity contribution in [3.63, 3.8) is 0 Å². The van der Waals surface area contributed by atoms with Crippen molar-refractivity contribution in [2.24, 2.45) is 23.7 Å². The standard InChI is InChI=1S/C32H46O6/c1-4-5-24-6-8-25(9-7-24)26-10-12-27(13-11-26)28-14-16-29(17-15-28)30(20-37-31(35)22(2)18-33)21-38-32(36)23(3)19-34/h6-9,26-30,33-34H,2-5,10-21H2,1H3. The predicted molar refractivity (Wildman–Crippen MR) is 148 cm³/mol. The van der Waals surface area contributed by atoms with E-state index < -0.39 is 25.2 Å². The molecule has 0 spiro atoms. The fraction of sp³-hybridized carbons (Fsp3) is 0.625. The van der Waals surface area contributed by atoms with Crippen LogP contribution in [0.5, 0.6) is 0 Å². The molecule has 0 radical (unpaired) electrons. The van der Waals surface area contributed by atoms with Crippen LogP contribution in [-0.4, -0.2) is 48.6 Å². The van der Waals surface area contributed by atoms with Crippen molar-refractivity contribution >= 4 is 11.9 Å². The summed E-state index contributed by atoms with van der Waals surface area (Å²) in [6.45, 7) is 8.57. The zero-order valence-corrected chi connectivity index (χ0v) is 23.0. The van der Waals surface area contributed by atoms with Gasteiger partial charge in [0.1, 0.15) is 0 Å². The van der Waals surface area contributed by atoms with Gasteiger partial charge < -0.3 is 19.7 Å². The number of rotatable bonds is 13. The smallest absolute Gasteiger partial charge is 0.335 e. The van der Waals surface area contributed by atoms with Gasteiger partial charge >= 0.3 is 11.9 Å². The summed E-state index contributed by atoms with van der Waals surface area (Å²) in [7, 11) is 0. The highest BCUT2D eigenvalue weighted by Crippen LogP contribution is 2.45. The second-order valence-electron chi connectivity index (χ2n) is 11.3. The third kappa shape index (κ3) is 8.54. The summed E-state index contributed by atoms with van der Waals surface area (Å²) in [5.74, 6) is 1.02. The van der Waals surface area contributed by atoms with Crippen LogP contribution in [0.3, 0.4) is 0 Å². The van der Waals surface area contributed by atoms with Crippen molar-refractivity contribution in [1.29, 1.82) is 0 Å². The van der Waals surface area contributed by atoms with Crippen LogP contribution < -0.4 is 0 Å². The highest BCUT2D eigenvalue weighted by molar-refractivity contribution is 5.88. The predicted octanol–water partition coefficient (Wildman–Crippen LogP) is 5.52. The highest BCUT2D eigenvalue weighted by Gasteiger charge is 2.34. The topological polar surface area (TPSA) is 93.1 Å². The number of hydrogen-bond donors (Lipinski definition) is 2. The Morgan fingerprint density at radius 2 is 1.29 bits per heavy atom. The molecule has 6 heteroatoms. The van der Waals surface area contributed by atoms with Gasteiger partial charge in [0.15, 0.2) is 0 Å². The average molecular weight is 527 g/mol. The summed E-state index contributed by atoms with van der Waals surface area (Å²) >= 11 is 0. The molecule has 0 heterocycles. The quantitative estimate of drug-likeness (QED) is 0.260. The van der Waals surface area contributed by atoms with E-state index in [-0.39, 0.29) is 36.2 Å². The minimum absolute atomic E-state index is 0.00520. The van der Waals surface area contributed by atoms with Gasteiger partial charge in [0.05, 0.1) is 37.6 Å². The molecule has 0 amide bonds. The second kappa shape index (κ2) is 15.2. The minimum Gasteiger partial charge on any atom is -0.462 e. The summed E-state index contributed by atoms with van der Waals surface area (Å²) in [5.41, 5.74) is 2.93. The van der Waals surface area contributed by atoms with E-state index >= 15 is 0 Å². The van der Waals surface area contributed by atoms with E-state index in [0.717, 1.165) is 38.0 Å². The van der Waals surface area contributed by atoms with E-state index in [1.165, 1.54) is 43.2 Å². The molecule has 1 aromatic carbocycles. The third-order valence-electron chi connectivity index (χ3n) is 8.73. The Bertz CT molecular complexity index is 888. The first-order valence-electron chi connectivity index (χ1n) is 14.4. The van der Waals surface area contributed by atoms with E-state index in [2.05, 4.69) is 44.3 Å². The first kappa shape index (κ1) is 30.1. The first-order chi connectivity index (χ1) is 18.4. The number of aryl methyl sites for hydroxylation is 1. The number of carbonyl (C=O) groups is 2. The number of aliphatic hydroxyl groups excluding tert-OH is 2. The van der Waals surface area contributed by atoms with E-state index in [9.17, 15) is 9.59 Å². The average Bonchev–Trinajstić information content (AvgIpc) is 2.96. The normalized spacial score (nSPS) is 23.6. The van der Waals surface area contributed by atoms with Crippen LogP contribution in [0.2, 0.25) is 0 Å². The lowest BCUT2D eigenvalue weighted by Gasteiger charge is -2.39. The van der Waals surface area contributed by atoms with E-state index in [4.69, 9.17) is 19.7 Å². The molecule has 0 aliphatic heterocycles. The molecule has 38 heavy (non-hydrogen) atoms. The molecule has 2 aliphatic rings. The van der Waals surface area contributed by atoms with Gasteiger partial charge in [-0.2, -0.15) is 0 Å². The zero-order valence-electron chi connectivity index (χ0n) is 23.0. The van der Waals surface area contributed by atoms with Gasteiger partial charge in [-0.25, -0.2) is 9.59 Å². The number of esters is 2.